The molecule has 0 saturated carbocycles. The molecule has 6 rings (SSSR count). The summed E-state index contributed by atoms with van der Waals surface area (Å²) in [6, 6.07) is 12.2. The zero-order valence-corrected chi connectivity index (χ0v) is 17.6. The van der Waals surface area contributed by atoms with E-state index in [4.69, 9.17) is 9.72 Å². The van der Waals surface area contributed by atoms with Gasteiger partial charge in [0.15, 0.2) is 0 Å². The monoisotopic (exact) mass is 445 g/mol. The Balaban J connectivity index is 1.24. The number of halogens is 1. The molecular formula is C23H20FN7O2. The molecule has 2 saturated heterocycles. The first-order valence-electron chi connectivity index (χ1n) is 10.7. The lowest BCUT2D eigenvalue weighted by molar-refractivity contribution is -0.0848. The fourth-order valence-electron chi connectivity index (χ4n) is 4.53. The van der Waals surface area contributed by atoms with Crippen molar-refractivity contribution in [2.45, 2.75) is 12.2 Å². The lowest BCUT2D eigenvalue weighted by Gasteiger charge is -2.46. The molecule has 9 nitrogen and oxygen atoms in total. The van der Waals surface area contributed by atoms with E-state index in [1.54, 1.807) is 23.2 Å². The summed E-state index contributed by atoms with van der Waals surface area (Å²) >= 11 is 0. The number of amides is 1. The lowest BCUT2D eigenvalue weighted by atomic mass is 10.1. The molecule has 0 aliphatic carbocycles. The molecule has 0 radical (unpaired) electrons. The van der Waals surface area contributed by atoms with Crippen LogP contribution in [0.1, 0.15) is 10.4 Å². The van der Waals surface area contributed by atoms with Gasteiger partial charge in [-0.1, -0.05) is 18.2 Å². The van der Waals surface area contributed by atoms with Crippen molar-refractivity contribution in [2.24, 2.45) is 0 Å². The molecule has 2 fully saturated rings. The normalized spacial score (nSPS) is 20.3. The van der Waals surface area contributed by atoms with Gasteiger partial charge in [-0.2, -0.15) is 15.0 Å². The van der Waals surface area contributed by atoms with Gasteiger partial charge in [0.05, 0.1) is 41.8 Å². The highest BCUT2D eigenvalue weighted by Gasteiger charge is 2.38. The Labute approximate surface area is 188 Å². The maximum Gasteiger partial charge on any atom is 0.259 e. The van der Waals surface area contributed by atoms with E-state index in [0.717, 1.165) is 16.9 Å². The van der Waals surface area contributed by atoms with E-state index in [1.807, 2.05) is 24.3 Å². The van der Waals surface area contributed by atoms with E-state index >= 15 is 0 Å². The number of carbonyl (C=O) groups is 1. The van der Waals surface area contributed by atoms with Crippen LogP contribution in [0.4, 0.5) is 10.2 Å². The molecule has 2 aliphatic rings. The average molecular weight is 445 g/mol. The molecule has 2 aliphatic heterocycles. The highest BCUT2D eigenvalue weighted by Crippen LogP contribution is 2.26. The van der Waals surface area contributed by atoms with Gasteiger partial charge in [0.25, 0.3) is 5.91 Å². The summed E-state index contributed by atoms with van der Waals surface area (Å²) in [5, 5.41) is 8.12. The zero-order chi connectivity index (χ0) is 22.4. The number of para-hydroxylation sites is 2. The molecule has 4 aromatic rings. The Morgan fingerprint density at radius 3 is 2.42 bits per heavy atom. The van der Waals surface area contributed by atoms with Crippen LogP contribution in [0.15, 0.2) is 61.1 Å². The predicted octanol–water partition coefficient (Wildman–Crippen LogP) is 2.08. The molecule has 2 unspecified atom stereocenters. The third-order valence-electron chi connectivity index (χ3n) is 5.97. The minimum Gasteiger partial charge on any atom is -0.368 e. The summed E-state index contributed by atoms with van der Waals surface area (Å²) < 4.78 is 20.9. The summed E-state index contributed by atoms with van der Waals surface area (Å²) in [5.74, 6) is -0.204. The predicted molar refractivity (Wildman–Crippen MR) is 118 cm³/mol. The number of ether oxygens (including phenoxy) is 1. The molecule has 10 heteroatoms. The summed E-state index contributed by atoms with van der Waals surface area (Å²) in [6.45, 7) is 1.84. The fourth-order valence-corrected chi connectivity index (χ4v) is 4.53. The van der Waals surface area contributed by atoms with Crippen LogP contribution < -0.4 is 4.90 Å². The Morgan fingerprint density at radius 2 is 1.67 bits per heavy atom. The van der Waals surface area contributed by atoms with E-state index in [2.05, 4.69) is 20.1 Å². The van der Waals surface area contributed by atoms with Crippen molar-refractivity contribution in [2.75, 3.05) is 31.1 Å². The Kier molecular flexibility index (Phi) is 4.72. The number of fused-ring (bicyclic) bond motifs is 3. The van der Waals surface area contributed by atoms with Crippen LogP contribution in [0, 0.1) is 5.82 Å². The molecule has 166 valence electrons. The van der Waals surface area contributed by atoms with E-state index < -0.39 is 11.7 Å². The standard InChI is InChI=1S/C23H20FN7O2/c24-17-4-3-7-20(31-26-8-9-27-31)22(17)23(32)30-13-15-11-29(12-16(14-30)33-15)21-10-25-18-5-1-2-6-19(18)28-21/h1-10,15-16H,11-14H2. The third-order valence-corrected chi connectivity index (χ3v) is 5.97. The zero-order valence-electron chi connectivity index (χ0n) is 17.6. The topological polar surface area (TPSA) is 89.3 Å². The van der Waals surface area contributed by atoms with Crippen molar-refractivity contribution < 1.29 is 13.9 Å². The highest BCUT2D eigenvalue weighted by atomic mass is 19.1. The van der Waals surface area contributed by atoms with E-state index in [1.165, 1.54) is 23.3 Å². The summed E-state index contributed by atoms with van der Waals surface area (Å²) in [4.78, 5) is 27.7. The van der Waals surface area contributed by atoms with Gasteiger partial charge in [-0.25, -0.2) is 9.37 Å². The van der Waals surface area contributed by atoms with Crippen molar-refractivity contribution in [1.82, 2.24) is 29.9 Å². The van der Waals surface area contributed by atoms with Gasteiger partial charge in [-0.05, 0) is 24.3 Å². The largest absolute Gasteiger partial charge is 0.368 e. The number of hydrogen-bond acceptors (Lipinski definition) is 7. The Hall–Kier alpha value is -3.92. The second kappa shape index (κ2) is 7.89. The van der Waals surface area contributed by atoms with Crippen LogP contribution in [-0.2, 0) is 4.74 Å². The number of morpholine rings is 2. The number of hydrogen-bond donors (Lipinski definition) is 0. The van der Waals surface area contributed by atoms with Crippen molar-refractivity contribution in [3.8, 4) is 5.69 Å². The number of anilines is 1. The minimum absolute atomic E-state index is 0.0362. The van der Waals surface area contributed by atoms with Gasteiger partial charge in [-0.3, -0.25) is 9.78 Å². The highest BCUT2D eigenvalue weighted by molar-refractivity contribution is 5.98. The smallest absolute Gasteiger partial charge is 0.259 e. The first-order chi connectivity index (χ1) is 16.2. The maximum atomic E-state index is 14.8. The number of rotatable bonds is 3. The van der Waals surface area contributed by atoms with Crippen LogP contribution in [0.3, 0.4) is 0 Å². The Morgan fingerprint density at radius 1 is 0.939 bits per heavy atom. The van der Waals surface area contributed by atoms with Crippen LogP contribution in [0.5, 0.6) is 0 Å². The van der Waals surface area contributed by atoms with Crippen molar-refractivity contribution >= 4 is 22.8 Å². The third kappa shape index (κ3) is 3.58. The lowest BCUT2D eigenvalue weighted by Crippen LogP contribution is -2.61. The van der Waals surface area contributed by atoms with Crippen molar-refractivity contribution in [3.05, 3.63) is 72.4 Å². The maximum absolute atomic E-state index is 14.8. The SMILES string of the molecule is O=C(c1c(F)cccc1-n1nccn1)N1CC2CN(c3cnc4ccccc4n3)CC(C1)O2. The van der Waals surface area contributed by atoms with Crippen LogP contribution in [-0.4, -0.2) is 74.2 Å². The molecule has 2 aromatic heterocycles. The van der Waals surface area contributed by atoms with Gasteiger partial charge < -0.3 is 14.5 Å². The van der Waals surface area contributed by atoms with Gasteiger partial charge >= 0.3 is 0 Å². The van der Waals surface area contributed by atoms with E-state index in [0.29, 0.717) is 31.9 Å². The van der Waals surface area contributed by atoms with Crippen molar-refractivity contribution in [1.29, 1.82) is 0 Å². The second-order valence-electron chi connectivity index (χ2n) is 8.16. The quantitative estimate of drug-likeness (QED) is 0.477. The van der Waals surface area contributed by atoms with Gasteiger partial charge in [0, 0.05) is 26.2 Å². The molecule has 2 atom stereocenters. The first-order valence-corrected chi connectivity index (χ1v) is 10.7. The fraction of sp³-hybridized carbons (Fsp3) is 0.261. The summed E-state index contributed by atoms with van der Waals surface area (Å²) in [5.41, 5.74) is 1.96. The number of carbonyl (C=O) groups excluding carboxylic acids is 1. The van der Waals surface area contributed by atoms with Crippen LogP contribution in [0.25, 0.3) is 16.7 Å². The minimum atomic E-state index is -0.598. The molecule has 0 N–H and O–H groups in total. The number of benzene rings is 2. The van der Waals surface area contributed by atoms with Gasteiger partial charge in [0.1, 0.15) is 22.9 Å². The van der Waals surface area contributed by atoms with E-state index in [-0.39, 0.29) is 17.8 Å². The first kappa shape index (κ1) is 19.7. The van der Waals surface area contributed by atoms with Gasteiger partial charge in [-0.15, -0.1) is 0 Å². The average Bonchev–Trinajstić information content (AvgIpc) is 3.37. The molecule has 1 amide bonds. The second-order valence-corrected chi connectivity index (χ2v) is 8.16. The molecule has 33 heavy (non-hydrogen) atoms. The molecule has 2 bridgehead atoms. The Bertz CT molecular complexity index is 1320. The van der Waals surface area contributed by atoms with Gasteiger partial charge in [0.2, 0.25) is 0 Å². The van der Waals surface area contributed by atoms with Crippen LogP contribution in [0.2, 0.25) is 0 Å². The molecular weight excluding hydrogens is 425 g/mol. The number of aromatic nitrogens is 5. The molecule has 0 spiro atoms. The summed E-state index contributed by atoms with van der Waals surface area (Å²) in [6.07, 6.45) is 4.32. The number of nitrogens with zero attached hydrogens (tertiary/aromatic N) is 7. The molecule has 2 aromatic carbocycles. The van der Waals surface area contributed by atoms with Crippen LogP contribution >= 0.6 is 0 Å². The summed E-state index contributed by atoms with van der Waals surface area (Å²) in [7, 11) is 0. The van der Waals surface area contributed by atoms with Crippen molar-refractivity contribution in [3.63, 3.8) is 0 Å². The van der Waals surface area contributed by atoms with E-state index in [9.17, 15) is 9.18 Å². The molecule has 4 heterocycles.